The number of hydrogen-bond acceptors (Lipinski definition) is 2. The molecule has 0 saturated carbocycles. The quantitative estimate of drug-likeness (QED) is 0.763. The predicted octanol–water partition coefficient (Wildman–Crippen LogP) is 4.53. The van der Waals surface area contributed by atoms with Crippen molar-refractivity contribution in [2.75, 3.05) is 18.0 Å². The van der Waals surface area contributed by atoms with Gasteiger partial charge in [0.1, 0.15) is 0 Å². The number of pyridine rings is 1. The van der Waals surface area contributed by atoms with Gasteiger partial charge in [-0.1, -0.05) is 23.2 Å². The zero-order valence-corrected chi connectivity index (χ0v) is 11.5. The van der Waals surface area contributed by atoms with Gasteiger partial charge in [-0.2, -0.15) is 0 Å². The third-order valence-electron chi connectivity index (χ3n) is 3.46. The van der Waals surface area contributed by atoms with E-state index in [4.69, 9.17) is 23.2 Å². The van der Waals surface area contributed by atoms with Gasteiger partial charge in [0.15, 0.2) is 0 Å². The van der Waals surface area contributed by atoms with E-state index in [1.165, 1.54) is 24.9 Å². The highest BCUT2D eigenvalue weighted by Gasteiger charge is 2.13. The lowest BCUT2D eigenvalue weighted by Crippen LogP contribution is -2.29. The van der Waals surface area contributed by atoms with E-state index in [2.05, 4.69) is 22.0 Å². The van der Waals surface area contributed by atoms with Gasteiger partial charge in [0.25, 0.3) is 0 Å². The molecule has 94 valence electrons. The maximum absolute atomic E-state index is 6.25. The van der Waals surface area contributed by atoms with Crippen LogP contribution < -0.4 is 4.90 Å². The molecule has 1 saturated heterocycles. The van der Waals surface area contributed by atoms with Gasteiger partial charge >= 0.3 is 0 Å². The molecule has 0 bridgehead atoms. The van der Waals surface area contributed by atoms with Crippen molar-refractivity contribution >= 4 is 39.8 Å². The van der Waals surface area contributed by atoms with E-state index in [1.807, 2.05) is 6.07 Å². The fraction of sp³-hybridized carbons (Fsp3) is 0.357. The van der Waals surface area contributed by atoms with E-state index in [0.29, 0.717) is 10.0 Å². The summed E-state index contributed by atoms with van der Waals surface area (Å²) in [6.45, 7) is 2.24. The number of piperidine rings is 1. The molecular formula is C14H14Cl2N2. The van der Waals surface area contributed by atoms with Crippen LogP contribution in [0.15, 0.2) is 24.4 Å². The lowest BCUT2D eigenvalue weighted by Gasteiger charge is -2.29. The topological polar surface area (TPSA) is 16.1 Å². The van der Waals surface area contributed by atoms with Crippen LogP contribution in [-0.4, -0.2) is 18.1 Å². The minimum Gasteiger partial charge on any atom is -0.372 e. The van der Waals surface area contributed by atoms with Crippen LogP contribution in [0.5, 0.6) is 0 Å². The molecule has 4 heteroatoms. The molecule has 0 spiro atoms. The maximum Gasteiger partial charge on any atom is 0.0782 e. The SMILES string of the molecule is Clc1cnc2ccc(N3CCCCC3)cc2c1Cl. The molecule has 18 heavy (non-hydrogen) atoms. The van der Waals surface area contributed by atoms with Crippen LogP contribution in [0.1, 0.15) is 19.3 Å². The Hall–Kier alpha value is -0.990. The minimum absolute atomic E-state index is 0.514. The highest BCUT2D eigenvalue weighted by atomic mass is 35.5. The highest BCUT2D eigenvalue weighted by Crippen LogP contribution is 2.32. The van der Waals surface area contributed by atoms with Gasteiger partial charge < -0.3 is 4.90 Å². The molecule has 2 aromatic rings. The van der Waals surface area contributed by atoms with Crippen LogP contribution >= 0.6 is 23.2 Å². The Labute approximate surface area is 117 Å². The lowest BCUT2D eigenvalue weighted by atomic mass is 10.1. The van der Waals surface area contributed by atoms with Crippen LogP contribution in [0.2, 0.25) is 10.0 Å². The first-order valence-electron chi connectivity index (χ1n) is 6.24. The average Bonchev–Trinajstić information content (AvgIpc) is 2.44. The second kappa shape index (κ2) is 4.94. The summed E-state index contributed by atoms with van der Waals surface area (Å²) in [6, 6.07) is 6.23. The summed E-state index contributed by atoms with van der Waals surface area (Å²) < 4.78 is 0. The number of hydrogen-bond donors (Lipinski definition) is 0. The summed E-state index contributed by atoms with van der Waals surface area (Å²) in [6.07, 6.45) is 5.46. The van der Waals surface area contributed by atoms with Crippen molar-refractivity contribution in [1.82, 2.24) is 4.98 Å². The fourth-order valence-corrected chi connectivity index (χ4v) is 2.82. The molecule has 0 radical (unpaired) electrons. The Bertz CT molecular complexity index is 577. The number of benzene rings is 1. The molecule has 0 unspecified atom stereocenters. The number of halogens is 2. The van der Waals surface area contributed by atoms with Gasteiger partial charge in [-0.25, -0.2) is 0 Å². The number of nitrogens with zero attached hydrogens (tertiary/aromatic N) is 2. The van der Waals surface area contributed by atoms with Gasteiger partial charge in [-0.3, -0.25) is 4.98 Å². The van der Waals surface area contributed by atoms with Crippen LogP contribution in [0, 0.1) is 0 Å². The van der Waals surface area contributed by atoms with E-state index in [9.17, 15) is 0 Å². The van der Waals surface area contributed by atoms with Gasteiger partial charge in [0.2, 0.25) is 0 Å². The molecule has 1 aliphatic heterocycles. The van der Waals surface area contributed by atoms with Crippen molar-refractivity contribution in [3.05, 3.63) is 34.4 Å². The molecule has 2 nitrogen and oxygen atoms in total. The largest absolute Gasteiger partial charge is 0.372 e. The van der Waals surface area contributed by atoms with Crippen molar-refractivity contribution in [1.29, 1.82) is 0 Å². The van der Waals surface area contributed by atoms with E-state index in [-0.39, 0.29) is 0 Å². The molecule has 2 heterocycles. The maximum atomic E-state index is 6.25. The van der Waals surface area contributed by atoms with Gasteiger partial charge in [-0.05, 0) is 37.5 Å². The van der Waals surface area contributed by atoms with Crippen molar-refractivity contribution in [2.24, 2.45) is 0 Å². The predicted molar refractivity (Wildman–Crippen MR) is 77.8 cm³/mol. The standard InChI is InChI=1S/C14H14Cl2N2/c15-12-9-17-13-5-4-10(8-11(13)14(12)16)18-6-2-1-3-7-18/h4-5,8-9H,1-3,6-7H2. The molecular weight excluding hydrogens is 267 g/mol. The summed E-state index contributed by atoms with van der Waals surface area (Å²) in [7, 11) is 0. The summed E-state index contributed by atoms with van der Waals surface area (Å²) in [5, 5.41) is 2.05. The van der Waals surface area contributed by atoms with Crippen LogP contribution in [0.4, 0.5) is 5.69 Å². The first-order valence-corrected chi connectivity index (χ1v) is 7.00. The van der Waals surface area contributed by atoms with Gasteiger partial charge in [-0.15, -0.1) is 0 Å². The molecule has 0 amide bonds. The summed E-state index contributed by atoms with van der Waals surface area (Å²) >= 11 is 12.3. The Morgan fingerprint density at radius 2 is 1.83 bits per heavy atom. The summed E-state index contributed by atoms with van der Waals surface area (Å²) in [5.74, 6) is 0. The Morgan fingerprint density at radius 3 is 2.61 bits per heavy atom. The lowest BCUT2D eigenvalue weighted by molar-refractivity contribution is 0.578. The molecule has 0 aliphatic carbocycles. The second-order valence-electron chi connectivity index (χ2n) is 4.67. The Kier molecular flexibility index (Phi) is 3.31. The molecule has 0 atom stereocenters. The van der Waals surface area contributed by atoms with E-state index in [0.717, 1.165) is 24.0 Å². The highest BCUT2D eigenvalue weighted by molar-refractivity contribution is 6.45. The number of rotatable bonds is 1. The average molecular weight is 281 g/mol. The third-order valence-corrected chi connectivity index (χ3v) is 4.25. The van der Waals surface area contributed by atoms with E-state index < -0.39 is 0 Å². The normalized spacial score (nSPS) is 16.2. The fourth-order valence-electron chi connectivity index (χ4n) is 2.47. The number of aromatic nitrogens is 1. The summed E-state index contributed by atoms with van der Waals surface area (Å²) in [4.78, 5) is 6.70. The molecule has 1 aliphatic rings. The first-order chi connectivity index (χ1) is 8.75. The van der Waals surface area contributed by atoms with Crippen molar-refractivity contribution < 1.29 is 0 Å². The van der Waals surface area contributed by atoms with E-state index >= 15 is 0 Å². The molecule has 1 aromatic carbocycles. The molecule has 1 fully saturated rings. The first kappa shape index (κ1) is 12.1. The molecule has 3 rings (SSSR count). The van der Waals surface area contributed by atoms with Crippen molar-refractivity contribution in [2.45, 2.75) is 19.3 Å². The van der Waals surface area contributed by atoms with Crippen LogP contribution in [-0.2, 0) is 0 Å². The second-order valence-corrected chi connectivity index (χ2v) is 5.45. The Balaban J connectivity index is 2.06. The smallest absolute Gasteiger partial charge is 0.0782 e. The van der Waals surface area contributed by atoms with Crippen molar-refractivity contribution in [3.8, 4) is 0 Å². The zero-order chi connectivity index (χ0) is 12.5. The van der Waals surface area contributed by atoms with E-state index in [1.54, 1.807) is 6.20 Å². The Morgan fingerprint density at radius 1 is 1.06 bits per heavy atom. The zero-order valence-electron chi connectivity index (χ0n) is 10.00. The van der Waals surface area contributed by atoms with Crippen LogP contribution in [0.3, 0.4) is 0 Å². The van der Waals surface area contributed by atoms with Crippen molar-refractivity contribution in [3.63, 3.8) is 0 Å². The van der Waals surface area contributed by atoms with Gasteiger partial charge in [0, 0.05) is 30.4 Å². The third kappa shape index (κ3) is 2.15. The van der Waals surface area contributed by atoms with Gasteiger partial charge in [0.05, 0.1) is 15.6 Å². The number of anilines is 1. The molecule has 1 aromatic heterocycles. The summed E-state index contributed by atoms with van der Waals surface area (Å²) in [5.41, 5.74) is 2.11. The minimum atomic E-state index is 0.514. The monoisotopic (exact) mass is 280 g/mol. The number of fused-ring (bicyclic) bond motifs is 1. The van der Waals surface area contributed by atoms with Crippen LogP contribution in [0.25, 0.3) is 10.9 Å². The molecule has 0 N–H and O–H groups in total.